The van der Waals surface area contributed by atoms with Gasteiger partial charge in [-0.25, -0.2) is 14.8 Å². The first-order valence-electron chi connectivity index (χ1n) is 11.3. The summed E-state index contributed by atoms with van der Waals surface area (Å²) < 4.78 is 44.6. The first kappa shape index (κ1) is 24.8. The van der Waals surface area contributed by atoms with Crippen molar-refractivity contribution in [3.63, 3.8) is 0 Å². The number of pyridine rings is 1. The van der Waals surface area contributed by atoms with Crippen molar-refractivity contribution >= 4 is 29.1 Å². The Morgan fingerprint density at radius 2 is 2.11 bits per heavy atom. The number of urea groups is 1. The number of anilines is 2. The Bertz CT molecular complexity index is 1370. The van der Waals surface area contributed by atoms with Crippen molar-refractivity contribution in [1.82, 2.24) is 15.3 Å². The number of halogens is 4. The van der Waals surface area contributed by atoms with Gasteiger partial charge in [0.25, 0.3) is 0 Å². The molecule has 3 aromatic rings. The average molecular weight is 532 g/mol. The molecule has 37 heavy (non-hydrogen) atoms. The van der Waals surface area contributed by atoms with E-state index in [1.54, 1.807) is 30.3 Å². The van der Waals surface area contributed by atoms with Crippen LogP contribution in [0.5, 0.6) is 0 Å². The fourth-order valence-electron chi connectivity index (χ4n) is 4.34. The number of oxazole rings is 1. The lowest BCUT2D eigenvalue weighted by Crippen LogP contribution is -2.28. The van der Waals surface area contributed by atoms with Crippen molar-refractivity contribution in [2.75, 3.05) is 16.8 Å². The molecule has 2 aromatic heterocycles. The van der Waals surface area contributed by atoms with Gasteiger partial charge < -0.3 is 25.1 Å². The van der Waals surface area contributed by atoms with Crippen molar-refractivity contribution in [2.45, 2.75) is 25.2 Å². The second-order valence-corrected chi connectivity index (χ2v) is 8.99. The molecule has 2 unspecified atom stereocenters. The Balaban J connectivity index is 1.26. The predicted octanol–water partition coefficient (Wildman–Crippen LogP) is 5.37. The van der Waals surface area contributed by atoms with Gasteiger partial charge in [0.15, 0.2) is 5.76 Å². The minimum atomic E-state index is -4.80. The van der Waals surface area contributed by atoms with E-state index in [2.05, 4.69) is 20.6 Å². The number of hydrogen-bond donors (Lipinski definition) is 3. The summed E-state index contributed by atoms with van der Waals surface area (Å²) in [4.78, 5) is 22.3. The molecule has 1 saturated heterocycles. The molecule has 1 aliphatic carbocycles. The lowest BCUT2D eigenvalue weighted by Gasteiger charge is -2.22. The van der Waals surface area contributed by atoms with Crippen molar-refractivity contribution in [3.05, 3.63) is 83.2 Å². The molecule has 3 N–H and O–H groups in total. The molecule has 5 rings (SSSR count). The highest BCUT2D eigenvalue weighted by atomic mass is 35.5. The van der Waals surface area contributed by atoms with Crippen molar-refractivity contribution in [3.8, 4) is 11.3 Å². The van der Waals surface area contributed by atoms with Crippen LogP contribution < -0.4 is 15.5 Å². The number of β-amino-alcohol motifs (C(OH)–C–C–N with tert-alkyl or cyclic N) is 1. The van der Waals surface area contributed by atoms with E-state index in [4.69, 9.17) is 16.0 Å². The number of aliphatic hydroxyl groups is 1. The molecule has 0 spiro atoms. The third-order valence-electron chi connectivity index (χ3n) is 6.05. The largest absolute Gasteiger partial charge is 0.468 e. The number of alkyl halides is 3. The van der Waals surface area contributed by atoms with E-state index in [1.807, 2.05) is 23.1 Å². The lowest BCUT2D eigenvalue weighted by molar-refractivity contribution is -0.157. The van der Waals surface area contributed by atoms with Gasteiger partial charge in [-0.05, 0) is 36.8 Å². The summed E-state index contributed by atoms with van der Waals surface area (Å²) >= 11 is 5.97. The molecule has 8 nitrogen and oxygen atoms in total. The number of aliphatic hydroxyl groups excluding tert-OH is 1. The van der Waals surface area contributed by atoms with E-state index in [1.165, 1.54) is 12.3 Å². The topological polar surface area (TPSA) is 104 Å². The molecule has 0 saturated carbocycles. The predicted molar refractivity (Wildman–Crippen MR) is 131 cm³/mol. The summed E-state index contributed by atoms with van der Waals surface area (Å²) in [6, 6.07) is 8.84. The van der Waals surface area contributed by atoms with Gasteiger partial charge in [0.05, 0.1) is 31.1 Å². The van der Waals surface area contributed by atoms with E-state index in [0.29, 0.717) is 28.6 Å². The zero-order chi connectivity index (χ0) is 26.2. The van der Waals surface area contributed by atoms with Gasteiger partial charge in [0, 0.05) is 22.2 Å². The average Bonchev–Trinajstić information content (AvgIpc) is 3.45. The molecule has 2 amide bonds. The second kappa shape index (κ2) is 9.91. The zero-order valence-corrected chi connectivity index (χ0v) is 19.9. The van der Waals surface area contributed by atoms with Crippen LogP contribution in [-0.2, 0) is 12.7 Å². The van der Waals surface area contributed by atoms with Crippen molar-refractivity contribution in [1.29, 1.82) is 0 Å². The number of fused-ring (bicyclic) bond motifs is 1. The highest BCUT2D eigenvalue weighted by Crippen LogP contribution is 2.37. The minimum Gasteiger partial charge on any atom is -0.435 e. The maximum atomic E-state index is 13.2. The van der Waals surface area contributed by atoms with Gasteiger partial charge in [0.1, 0.15) is 11.5 Å². The van der Waals surface area contributed by atoms with Crippen LogP contribution in [0, 0.1) is 5.92 Å². The summed E-state index contributed by atoms with van der Waals surface area (Å²) in [6.45, 7) is 0.0709. The third-order valence-corrected chi connectivity index (χ3v) is 6.28. The van der Waals surface area contributed by atoms with Crippen LogP contribution >= 0.6 is 11.6 Å². The summed E-state index contributed by atoms with van der Waals surface area (Å²) in [5, 5.41) is 15.7. The Morgan fingerprint density at radius 1 is 1.27 bits per heavy atom. The Labute approximate surface area is 214 Å². The maximum Gasteiger partial charge on any atom is 0.468 e. The van der Waals surface area contributed by atoms with E-state index < -0.39 is 24.2 Å². The third kappa shape index (κ3) is 5.32. The van der Waals surface area contributed by atoms with Gasteiger partial charge >= 0.3 is 18.1 Å². The number of aromatic nitrogens is 2. The molecule has 0 bridgehead atoms. The van der Waals surface area contributed by atoms with E-state index in [0.717, 1.165) is 12.1 Å². The number of hydrogen-bond acceptors (Lipinski definition) is 6. The Hall–Kier alpha value is -3.83. The van der Waals surface area contributed by atoms with Gasteiger partial charge in [-0.1, -0.05) is 35.9 Å². The fourth-order valence-corrected chi connectivity index (χ4v) is 4.53. The van der Waals surface area contributed by atoms with Crippen LogP contribution in [0.1, 0.15) is 18.1 Å². The number of nitrogens with zero attached hydrogens (tertiary/aromatic N) is 3. The normalized spacial score (nSPS) is 18.9. The van der Waals surface area contributed by atoms with Gasteiger partial charge in [-0.2, -0.15) is 13.2 Å². The number of carbonyl (C=O) groups is 1. The lowest BCUT2D eigenvalue weighted by atomic mass is 9.95. The SMILES string of the molecule is O=C(NCc1oc(C(F)(F)F)nc1-c1cccc(Cl)c1)Nc1ccc(N2CC(O)C3CC=CC=C32)nc1. The molecule has 192 valence electrons. The molecule has 1 fully saturated rings. The van der Waals surface area contributed by atoms with Crippen LogP contribution in [0.15, 0.2) is 70.9 Å². The Morgan fingerprint density at radius 3 is 2.84 bits per heavy atom. The first-order valence-corrected chi connectivity index (χ1v) is 11.7. The van der Waals surface area contributed by atoms with E-state index in [-0.39, 0.29) is 23.9 Å². The zero-order valence-electron chi connectivity index (χ0n) is 19.2. The summed E-state index contributed by atoms with van der Waals surface area (Å²) in [6.07, 6.45) is 2.85. The smallest absolute Gasteiger partial charge is 0.435 e. The monoisotopic (exact) mass is 531 g/mol. The standard InChI is InChI=1S/C25H21ClF3N5O3/c26-15-5-3-4-14(10-15)22-20(37-23(33-22)25(27,28)29)12-31-24(36)32-16-8-9-21(30-11-16)34-13-19(35)17-6-1-2-7-18(17)34/h1-5,7-11,17,19,35H,6,12-13H2,(H2,31,32,36). The van der Waals surface area contributed by atoms with Gasteiger partial charge in [-0.15, -0.1) is 0 Å². The van der Waals surface area contributed by atoms with Gasteiger partial charge in [-0.3, -0.25) is 0 Å². The van der Waals surface area contributed by atoms with Crippen molar-refractivity contribution in [2.24, 2.45) is 5.92 Å². The molecule has 2 atom stereocenters. The number of amides is 2. The number of rotatable bonds is 5. The summed E-state index contributed by atoms with van der Waals surface area (Å²) in [7, 11) is 0. The molecule has 1 aromatic carbocycles. The quantitative estimate of drug-likeness (QED) is 0.409. The molecule has 2 aliphatic rings. The first-order chi connectivity index (χ1) is 17.7. The molecule has 0 radical (unpaired) electrons. The van der Waals surface area contributed by atoms with Crippen molar-refractivity contribution < 1.29 is 27.5 Å². The highest BCUT2D eigenvalue weighted by Gasteiger charge is 2.39. The summed E-state index contributed by atoms with van der Waals surface area (Å²) in [5.74, 6) is -0.935. The molecular formula is C25H21ClF3N5O3. The van der Waals surface area contributed by atoms with Crippen LogP contribution in [-0.4, -0.2) is 33.8 Å². The van der Waals surface area contributed by atoms with E-state index in [9.17, 15) is 23.1 Å². The number of benzene rings is 1. The minimum absolute atomic E-state index is 0.0288. The maximum absolute atomic E-state index is 13.2. The molecule has 12 heteroatoms. The summed E-state index contributed by atoms with van der Waals surface area (Å²) in [5.41, 5.74) is 1.61. The van der Waals surface area contributed by atoms with E-state index >= 15 is 0 Å². The highest BCUT2D eigenvalue weighted by molar-refractivity contribution is 6.30. The number of allylic oxidation sites excluding steroid dienone is 3. The van der Waals surface area contributed by atoms with Crippen LogP contribution in [0.2, 0.25) is 5.02 Å². The number of carbonyl (C=O) groups excluding carboxylic acids is 1. The van der Waals surface area contributed by atoms with Gasteiger partial charge in [0.2, 0.25) is 0 Å². The van der Waals surface area contributed by atoms with Crippen LogP contribution in [0.4, 0.5) is 29.5 Å². The molecular weight excluding hydrogens is 511 g/mol. The fraction of sp³-hybridized carbons (Fsp3) is 0.240. The van der Waals surface area contributed by atoms with Crippen LogP contribution in [0.25, 0.3) is 11.3 Å². The molecule has 3 heterocycles. The van der Waals surface area contributed by atoms with Crippen LogP contribution in [0.3, 0.4) is 0 Å². The second-order valence-electron chi connectivity index (χ2n) is 8.55. The molecule has 1 aliphatic heterocycles. The number of nitrogens with one attached hydrogen (secondary N) is 2. The Kier molecular flexibility index (Phi) is 6.65.